The third-order valence-electron chi connectivity index (χ3n) is 2.90. The number of carbonyl (C=O) groups is 1. The Labute approximate surface area is 102 Å². The Morgan fingerprint density at radius 3 is 2.67 bits per heavy atom. The van der Waals surface area contributed by atoms with Crippen LogP contribution in [0.2, 0.25) is 0 Å². The number of nitrogens with one attached hydrogen (secondary N) is 1. The van der Waals surface area contributed by atoms with Gasteiger partial charge in [-0.3, -0.25) is 4.79 Å². The van der Waals surface area contributed by atoms with E-state index in [1.807, 2.05) is 6.26 Å². The van der Waals surface area contributed by atoms with Gasteiger partial charge in [-0.15, -0.1) is 11.6 Å². The Balaban J connectivity index is 2.06. The molecule has 0 aliphatic heterocycles. The number of alkyl halides is 1. The van der Waals surface area contributed by atoms with Crippen molar-refractivity contribution in [2.24, 2.45) is 5.92 Å². The maximum atomic E-state index is 11.4. The monoisotopic (exact) mass is 249 g/mol. The molecule has 4 heteroatoms. The zero-order chi connectivity index (χ0) is 11.1. The summed E-state index contributed by atoms with van der Waals surface area (Å²) in [7, 11) is 0. The van der Waals surface area contributed by atoms with Gasteiger partial charge < -0.3 is 5.32 Å². The first-order valence-electron chi connectivity index (χ1n) is 5.62. The lowest BCUT2D eigenvalue weighted by Gasteiger charge is -2.25. The summed E-state index contributed by atoms with van der Waals surface area (Å²) in [4.78, 5) is 11.4. The van der Waals surface area contributed by atoms with Gasteiger partial charge in [-0.2, -0.15) is 11.8 Å². The molecule has 88 valence electrons. The van der Waals surface area contributed by atoms with Gasteiger partial charge in [0, 0.05) is 24.1 Å². The molecule has 0 bridgehead atoms. The second-order valence-corrected chi connectivity index (χ2v) is 5.77. The minimum absolute atomic E-state index is 0.192. The summed E-state index contributed by atoms with van der Waals surface area (Å²) in [6, 6.07) is 0. The van der Waals surface area contributed by atoms with Gasteiger partial charge in [0.2, 0.25) is 5.91 Å². The van der Waals surface area contributed by atoms with E-state index in [0.717, 1.165) is 38.0 Å². The summed E-state index contributed by atoms with van der Waals surface area (Å²) in [5.74, 6) is 1.76. The van der Waals surface area contributed by atoms with Crippen molar-refractivity contribution in [1.82, 2.24) is 5.32 Å². The molecule has 1 rings (SSSR count). The molecule has 2 nitrogen and oxygen atoms in total. The zero-order valence-electron chi connectivity index (χ0n) is 9.30. The second kappa shape index (κ2) is 7.39. The number of rotatable bonds is 5. The smallest absolute Gasteiger partial charge is 0.220 e. The first kappa shape index (κ1) is 13.2. The van der Waals surface area contributed by atoms with Crippen LogP contribution in [0, 0.1) is 5.92 Å². The molecule has 1 N–H and O–H groups in total. The van der Waals surface area contributed by atoms with Crippen LogP contribution in [-0.4, -0.2) is 29.8 Å². The van der Waals surface area contributed by atoms with Gasteiger partial charge in [-0.05, 0) is 37.9 Å². The highest BCUT2D eigenvalue weighted by molar-refractivity contribution is 7.98. The van der Waals surface area contributed by atoms with E-state index >= 15 is 0 Å². The predicted octanol–water partition coefficient (Wildman–Crippen LogP) is 2.65. The van der Waals surface area contributed by atoms with Crippen LogP contribution in [0.1, 0.15) is 32.1 Å². The lowest BCUT2D eigenvalue weighted by Crippen LogP contribution is -2.31. The highest BCUT2D eigenvalue weighted by atomic mass is 35.5. The molecule has 0 heterocycles. The van der Waals surface area contributed by atoms with Gasteiger partial charge in [-0.1, -0.05) is 0 Å². The summed E-state index contributed by atoms with van der Waals surface area (Å²) < 4.78 is 0. The number of hydrogen-bond acceptors (Lipinski definition) is 2. The molecule has 1 fully saturated rings. The van der Waals surface area contributed by atoms with E-state index in [1.54, 1.807) is 11.8 Å². The topological polar surface area (TPSA) is 29.1 Å². The second-order valence-electron chi connectivity index (χ2n) is 4.16. The first-order valence-corrected chi connectivity index (χ1v) is 7.45. The molecular formula is C11H20ClNOS. The van der Waals surface area contributed by atoms with Crippen LogP contribution >= 0.6 is 23.4 Å². The van der Waals surface area contributed by atoms with Crippen molar-refractivity contribution in [3.05, 3.63) is 0 Å². The van der Waals surface area contributed by atoms with Crippen molar-refractivity contribution >= 4 is 29.3 Å². The van der Waals surface area contributed by atoms with Gasteiger partial charge >= 0.3 is 0 Å². The van der Waals surface area contributed by atoms with Crippen molar-refractivity contribution in [2.45, 2.75) is 37.5 Å². The molecule has 0 aromatic carbocycles. The molecule has 15 heavy (non-hydrogen) atoms. The van der Waals surface area contributed by atoms with Crippen molar-refractivity contribution in [2.75, 3.05) is 18.6 Å². The minimum Gasteiger partial charge on any atom is -0.356 e. The van der Waals surface area contributed by atoms with Crippen molar-refractivity contribution in [3.63, 3.8) is 0 Å². The number of thioether (sulfide) groups is 1. The van der Waals surface area contributed by atoms with E-state index in [4.69, 9.17) is 11.6 Å². The molecule has 0 spiro atoms. The van der Waals surface area contributed by atoms with Crippen LogP contribution in [0.15, 0.2) is 0 Å². The molecule has 0 radical (unpaired) electrons. The van der Waals surface area contributed by atoms with E-state index in [9.17, 15) is 4.79 Å². The quantitative estimate of drug-likeness (QED) is 0.759. The lowest BCUT2D eigenvalue weighted by atomic mass is 9.89. The van der Waals surface area contributed by atoms with Crippen LogP contribution < -0.4 is 5.32 Å². The van der Waals surface area contributed by atoms with Gasteiger partial charge in [0.25, 0.3) is 0 Å². The van der Waals surface area contributed by atoms with Crippen LogP contribution in [0.4, 0.5) is 0 Å². The molecule has 1 aliphatic carbocycles. The van der Waals surface area contributed by atoms with Crippen LogP contribution in [0.25, 0.3) is 0 Å². The predicted molar refractivity (Wildman–Crippen MR) is 67.6 cm³/mol. The average molecular weight is 250 g/mol. The summed E-state index contributed by atoms with van der Waals surface area (Å²) in [5, 5.41) is 3.38. The number of amides is 1. The van der Waals surface area contributed by atoms with E-state index in [0.29, 0.717) is 17.7 Å². The van der Waals surface area contributed by atoms with Gasteiger partial charge in [-0.25, -0.2) is 0 Å². The summed E-state index contributed by atoms with van der Waals surface area (Å²) >= 11 is 7.74. The highest BCUT2D eigenvalue weighted by Crippen LogP contribution is 2.26. The Bertz CT molecular complexity index is 193. The molecule has 0 atom stereocenters. The molecular weight excluding hydrogens is 230 g/mol. The summed E-state index contributed by atoms with van der Waals surface area (Å²) in [6.45, 7) is 0.844. The average Bonchev–Trinajstić information content (AvgIpc) is 2.25. The third-order valence-corrected chi connectivity index (χ3v) is 3.95. The Kier molecular flexibility index (Phi) is 6.50. The fourth-order valence-corrected chi connectivity index (χ4v) is 2.51. The maximum Gasteiger partial charge on any atom is 0.220 e. The van der Waals surface area contributed by atoms with E-state index in [-0.39, 0.29) is 5.91 Å². The Hall–Kier alpha value is 0.110. The normalized spacial score (nSPS) is 26.3. The van der Waals surface area contributed by atoms with Gasteiger partial charge in [0.15, 0.2) is 0 Å². The van der Waals surface area contributed by atoms with Crippen molar-refractivity contribution < 1.29 is 4.79 Å². The molecule has 0 aromatic rings. The van der Waals surface area contributed by atoms with Crippen molar-refractivity contribution in [1.29, 1.82) is 0 Å². The van der Waals surface area contributed by atoms with Crippen LogP contribution in [-0.2, 0) is 4.79 Å². The maximum absolute atomic E-state index is 11.4. The fourth-order valence-electron chi connectivity index (χ4n) is 1.87. The van der Waals surface area contributed by atoms with Crippen molar-refractivity contribution in [3.8, 4) is 0 Å². The SMILES string of the molecule is CSCCC(=O)NCC1CCC(Cl)CC1. The van der Waals surface area contributed by atoms with Crippen LogP contribution in [0.5, 0.6) is 0 Å². The highest BCUT2D eigenvalue weighted by Gasteiger charge is 2.19. The zero-order valence-corrected chi connectivity index (χ0v) is 10.9. The molecule has 0 saturated heterocycles. The van der Waals surface area contributed by atoms with E-state index in [2.05, 4.69) is 5.32 Å². The standard InChI is InChI=1S/C11H20ClNOS/c1-15-7-6-11(14)13-8-9-2-4-10(12)5-3-9/h9-10H,2-8H2,1H3,(H,13,14). The first-order chi connectivity index (χ1) is 7.22. The number of halogens is 1. The molecule has 1 aliphatic rings. The minimum atomic E-state index is 0.192. The fraction of sp³-hybridized carbons (Fsp3) is 0.909. The lowest BCUT2D eigenvalue weighted by molar-refractivity contribution is -0.120. The molecule has 0 unspecified atom stereocenters. The Morgan fingerprint density at radius 1 is 1.40 bits per heavy atom. The summed E-state index contributed by atoms with van der Waals surface area (Å²) in [5.41, 5.74) is 0. The molecule has 1 amide bonds. The van der Waals surface area contributed by atoms with Crippen LogP contribution in [0.3, 0.4) is 0 Å². The van der Waals surface area contributed by atoms with Gasteiger partial charge in [0.1, 0.15) is 0 Å². The third kappa shape index (κ3) is 5.67. The molecule has 0 aromatic heterocycles. The Morgan fingerprint density at radius 2 is 2.07 bits per heavy atom. The van der Waals surface area contributed by atoms with Gasteiger partial charge in [0.05, 0.1) is 0 Å². The largest absolute Gasteiger partial charge is 0.356 e. The van der Waals surface area contributed by atoms with E-state index in [1.165, 1.54) is 0 Å². The number of carbonyl (C=O) groups excluding carboxylic acids is 1. The van der Waals surface area contributed by atoms with E-state index < -0.39 is 0 Å². The number of hydrogen-bond donors (Lipinski definition) is 1. The molecule has 1 saturated carbocycles. The summed E-state index contributed by atoms with van der Waals surface area (Å²) in [6.07, 6.45) is 7.20.